The minimum Gasteiger partial charge on any atom is -0.352 e. The number of rotatable bonds is 8. The molecule has 24 heavy (non-hydrogen) atoms. The maximum absolute atomic E-state index is 12.3. The normalized spacial score (nSPS) is 12.8. The van der Waals surface area contributed by atoms with Gasteiger partial charge in [0.1, 0.15) is 5.82 Å². The zero-order chi connectivity index (χ0) is 17.7. The summed E-state index contributed by atoms with van der Waals surface area (Å²) in [6.07, 6.45) is 2.90. The molecule has 2 N–H and O–H groups in total. The Morgan fingerprint density at radius 2 is 2.12 bits per heavy atom. The molecular formula is C19H29N3OS. The van der Waals surface area contributed by atoms with Crippen molar-refractivity contribution in [2.75, 3.05) is 5.75 Å². The molecule has 2 rings (SSSR count). The molecule has 1 aromatic carbocycles. The van der Waals surface area contributed by atoms with Gasteiger partial charge in [-0.25, -0.2) is 4.98 Å². The van der Waals surface area contributed by atoms with Gasteiger partial charge in [-0.05, 0) is 42.9 Å². The molecule has 2 aromatic rings. The van der Waals surface area contributed by atoms with Crippen molar-refractivity contribution in [2.45, 2.75) is 53.5 Å². The molecule has 0 spiro atoms. The minimum absolute atomic E-state index is 0.0264. The van der Waals surface area contributed by atoms with Gasteiger partial charge in [0.25, 0.3) is 0 Å². The Bertz CT molecular complexity index is 693. The summed E-state index contributed by atoms with van der Waals surface area (Å²) in [5, 5.41) is 3.06. The van der Waals surface area contributed by atoms with Crippen molar-refractivity contribution in [2.24, 2.45) is 11.8 Å². The summed E-state index contributed by atoms with van der Waals surface area (Å²) in [5.41, 5.74) is 4.32. The Hall–Kier alpha value is -1.49. The molecule has 0 aliphatic rings. The molecule has 0 saturated carbocycles. The molecule has 5 heteroatoms. The van der Waals surface area contributed by atoms with Gasteiger partial charge >= 0.3 is 0 Å². The van der Waals surface area contributed by atoms with E-state index in [9.17, 15) is 4.79 Å². The van der Waals surface area contributed by atoms with Crippen LogP contribution in [-0.4, -0.2) is 21.6 Å². The number of amides is 1. The molecule has 1 heterocycles. The smallest absolute Gasteiger partial charge is 0.224 e. The van der Waals surface area contributed by atoms with Gasteiger partial charge in [-0.15, -0.1) is 0 Å². The monoisotopic (exact) mass is 347 g/mol. The van der Waals surface area contributed by atoms with Gasteiger partial charge < -0.3 is 10.3 Å². The minimum atomic E-state index is -0.0264. The maximum Gasteiger partial charge on any atom is 0.224 e. The van der Waals surface area contributed by atoms with Crippen LogP contribution < -0.4 is 5.32 Å². The van der Waals surface area contributed by atoms with E-state index in [1.54, 1.807) is 0 Å². The Labute approximate surface area is 150 Å². The molecular weight excluding hydrogens is 318 g/mol. The van der Waals surface area contributed by atoms with Crippen molar-refractivity contribution in [3.8, 4) is 0 Å². The first-order valence-electron chi connectivity index (χ1n) is 8.81. The largest absolute Gasteiger partial charge is 0.352 e. The number of hydrogen-bond donors (Lipinski definition) is 3. The summed E-state index contributed by atoms with van der Waals surface area (Å²) in [7, 11) is 0. The van der Waals surface area contributed by atoms with E-state index in [1.165, 1.54) is 0 Å². The zero-order valence-corrected chi connectivity index (χ0v) is 16.0. The summed E-state index contributed by atoms with van der Waals surface area (Å²) in [5.74, 6) is 2.18. The summed E-state index contributed by atoms with van der Waals surface area (Å²) >= 11 is 4.32. The Balaban J connectivity index is 2.08. The summed E-state index contributed by atoms with van der Waals surface area (Å²) in [4.78, 5) is 20.4. The first-order valence-corrected chi connectivity index (χ1v) is 9.44. The number of aryl methyl sites for hydroxylation is 2. The van der Waals surface area contributed by atoms with Crippen molar-refractivity contribution in [3.05, 3.63) is 29.1 Å². The highest BCUT2D eigenvalue weighted by Crippen LogP contribution is 2.20. The van der Waals surface area contributed by atoms with Gasteiger partial charge in [0.2, 0.25) is 5.91 Å². The SMILES string of the molecule is CCCc1nc2c(C)cc(CNC(=O)[C@H](CS)CC(C)C)cc2[nH]1. The topological polar surface area (TPSA) is 57.8 Å². The highest BCUT2D eigenvalue weighted by atomic mass is 32.1. The molecule has 132 valence electrons. The van der Waals surface area contributed by atoms with Crippen LogP contribution in [0.1, 0.15) is 50.6 Å². The van der Waals surface area contributed by atoms with Crippen LogP contribution >= 0.6 is 12.6 Å². The summed E-state index contributed by atoms with van der Waals surface area (Å²) in [6, 6.07) is 4.20. The van der Waals surface area contributed by atoms with Gasteiger partial charge in [0.15, 0.2) is 0 Å². The van der Waals surface area contributed by atoms with E-state index < -0.39 is 0 Å². The summed E-state index contributed by atoms with van der Waals surface area (Å²) in [6.45, 7) is 9.02. The lowest BCUT2D eigenvalue weighted by Crippen LogP contribution is -2.32. The van der Waals surface area contributed by atoms with Crippen LogP contribution in [0.3, 0.4) is 0 Å². The Morgan fingerprint density at radius 1 is 1.38 bits per heavy atom. The summed E-state index contributed by atoms with van der Waals surface area (Å²) < 4.78 is 0. The molecule has 1 atom stereocenters. The second kappa shape index (κ2) is 8.56. The average Bonchev–Trinajstić information content (AvgIpc) is 2.93. The highest BCUT2D eigenvalue weighted by Gasteiger charge is 2.18. The molecule has 0 saturated heterocycles. The fourth-order valence-electron chi connectivity index (χ4n) is 3.04. The van der Waals surface area contributed by atoms with Crippen LogP contribution in [-0.2, 0) is 17.8 Å². The number of carbonyl (C=O) groups is 1. The van der Waals surface area contributed by atoms with E-state index in [0.717, 1.165) is 47.2 Å². The second-order valence-corrected chi connectivity index (χ2v) is 7.33. The lowest BCUT2D eigenvalue weighted by Gasteiger charge is -2.16. The third-order valence-corrected chi connectivity index (χ3v) is 4.63. The van der Waals surface area contributed by atoms with Crippen molar-refractivity contribution in [3.63, 3.8) is 0 Å². The van der Waals surface area contributed by atoms with E-state index in [-0.39, 0.29) is 11.8 Å². The van der Waals surface area contributed by atoms with Gasteiger partial charge in [-0.1, -0.05) is 26.8 Å². The first kappa shape index (κ1) is 18.8. The van der Waals surface area contributed by atoms with Gasteiger partial charge in [0, 0.05) is 24.6 Å². The van der Waals surface area contributed by atoms with E-state index in [1.807, 2.05) is 0 Å². The van der Waals surface area contributed by atoms with Crippen LogP contribution in [0.2, 0.25) is 0 Å². The number of fused-ring (bicyclic) bond motifs is 1. The lowest BCUT2D eigenvalue weighted by molar-refractivity contribution is -0.124. The number of hydrogen-bond acceptors (Lipinski definition) is 3. The Kier molecular flexibility index (Phi) is 6.72. The second-order valence-electron chi connectivity index (χ2n) is 6.97. The maximum atomic E-state index is 12.3. The number of benzene rings is 1. The van der Waals surface area contributed by atoms with Crippen LogP contribution in [0.4, 0.5) is 0 Å². The molecule has 0 radical (unpaired) electrons. The predicted octanol–water partition coefficient (Wildman–Crippen LogP) is 4.03. The van der Waals surface area contributed by atoms with Gasteiger partial charge in [-0.2, -0.15) is 12.6 Å². The highest BCUT2D eigenvalue weighted by molar-refractivity contribution is 7.80. The fraction of sp³-hybridized carbons (Fsp3) is 0.579. The van der Waals surface area contributed by atoms with Crippen molar-refractivity contribution in [1.29, 1.82) is 0 Å². The number of aromatic nitrogens is 2. The molecule has 0 aliphatic carbocycles. The van der Waals surface area contributed by atoms with Crippen molar-refractivity contribution >= 4 is 29.6 Å². The van der Waals surface area contributed by atoms with Crippen LogP contribution in [0.5, 0.6) is 0 Å². The fourth-order valence-corrected chi connectivity index (χ4v) is 3.36. The number of carbonyl (C=O) groups excluding carboxylic acids is 1. The standard InChI is InChI=1S/C19H29N3OS/c1-5-6-17-21-16-9-14(8-13(4)18(16)22-17)10-20-19(23)15(11-24)7-12(2)3/h8-9,12,15,24H,5-7,10-11H2,1-4H3,(H,20,23)(H,21,22)/t15-/m0/s1. The number of thiol groups is 1. The van der Waals surface area contributed by atoms with E-state index in [2.05, 4.69) is 67.7 Å². The van der Waals surface area contributed by atoms with E-state index >= 15 is 0 Å². The average molecular weight is 348 g/mol. The van der Waals surface area contributed by atoms with Crippen LogP contribution in [0.25, 0.3) is 11.0 Å². The molecule has 0 bridgehead atoms. The third kappa shape index (κ3) is 4.76. The van der Waals surface area contributed by atoms with Gasteiger partial charge in [0.05, 0.1) is 11.0 Å². The molecule has 0 aliphatic heterocycles. The third-order valence-electron chi connectivity index (χ3n) is 4.19. The number of nitrogens with one attached hydrogen (secondary N) is 2. The van der Waals surface area contributed by atoms with E-state index in [0.29, 0.717) is 18.2 Å². The molecule has 0 fully saturated rings. The zero-order valence-electron chi connectivity index (χ0n) is 15.1. The van der Waals surface area contributed by atoms with Crippen LogP contribution in [0, 0.1) is 18.8 Å². The van der Waals surface area contributed by atoms with E-state index in [4.69, 9.17) is 0 Å². The van der Waals surface area contributed by atoms with Crippen molar-refractivity contribution in [1.82, 2.24) is 15.3 Å². The predicted molar refractivity (Wildman–Crippen MR) is 103 cm³/mol. The molecule has 1 amide bonds. The number of imidazole rings is 1. The van der Waals surface area contributed by atoms with Crippen LogP contribution in [0.15, 0.2) is 12.1 Å². The first-order chi connectivity index (χ1) is 11.4. The lowest BCUT2D eigenvalue weighted by atomic mass is 9.98. The molecule has 1 aromatic heterocycles. The number of nitrogens with zero attached hydrogens (tertiary/aromatic N) is 1. The van der Waals surface area contributed by atoms with Crippen molar-refractivity contribution < 1.29 is 4.79 Å². The molecule has 4 nitrogen and oxygen atoms in total. The number of aromatic amines is 1. The quantitative estimate of drug-likeness (QED) is 0.631. The number of H-pyrrole nitrogens is 1. The molecule has 0 unspecified atom stereocenters. The Morgan fingerprint density at radius 3 is 2.75 bits per heavy atom. The van der Waals surface area contributed by atoms with Gasteiger partial charge in [-0.3, -0.25) is 4.79 Å².